The van der Waals surface area contributed by atoms with E-state index in [2.05, 4.69) is 5.32 Å². The highest BCUT2D eigenvalue weighted by atomic mass is 16.7. The molecule has 1 aliphatic heterocycles. The standard InChI is InChI=1S/C20H35NO4/c1-14(21-18(22)19(2,3)4)15-8-6-11-20(5,23)16(15)9-10-17-24-12-7-13-25-17/h16-17,23H,6-13H2,1-5H3,(H,21,22)/b15-14+/t16-,20+/m1/s1. The molecule has 2 atom stereocenters. The third-order valence-corrected chi connectivity index (χ3v) is 5.35. The Bertz CT molecular complexity index is 498. The normalized spacial score (nSPS) is 30.9. The van der Waals surface area contributed by atoms with Crippen LogP contribution in [0.1, 0.15) is 73.1 Å². The lowest BCUT2D eigenvalue weighted by Crippen LogP contribution is -2.42. The molecule has 0 radical (unpaired) electrons. The number of carbonyl (C=O) groups excluding carboxylic acids is 1. The smallest absolute Gasteiger partial charge is 0.229 e. The van der Waals surface area contributed by atoms with Gasteiger partial charge in [-0.2, -0.15) is 0 Å². The fraction of sp³-hybridized carbons (Fsp3) is 0.850. The van der Waals surface area contributed by atoms with E-state index >= 15 is 0 Å². The molecule has 25 heavy (non-hydrogen) atoms. The largest absolute Gasteiger partial charge is 0.390 e. The second-order valence-electron chi connectivity index (χ2n) is 8.72. The molecule has 5 nitrogen and oxygen atoms in total. The minimum atomic E-state index is -0.754. The Hall–Kier alpha value is -0.910. The van der Waals surface area contributed by atoms with Crippen LogP contribution in [0.3, 0.4) is 0 Å². The average Bonchev–Trinajstić information content (AvgIpc) is 2.52. The van der Waals surface area contributed by atoms with Gasteiger partial charge in [0.15, 0.2) is 6.29 Å². The second-order valence-corrected chi connectivity index (χ2v) is 8.72. The molecule has 2 aliphatic rings. The molecular weight excluding hydrogens is 318 g/mol. The predicted octanol–water partition coefficient (Wildman–Crippen LogP) is 3.52. The lowest BCUT2D eigenvalue weighted by Gasteiger charge is -2.41. The minimum absolute atomic E-state index is 0.0143. The van der Waals surface area contributed by atoms with Crippen LogP contribution in [0.2, 0.25) is 0 Å². The van der Waals surface area contributed by atoms with Crippen molar-refractivity contribution in [2.75, 3.05) is 13.2 Å². The summed E-state index contributed by atoms with van der Waals surface area (Å²) in [6.07, 6.45) is 4.99. The fourth-order valence-corrected chi connectivity index (χ4v) is 3.74. The first-order valence-electron chi connectivity index (χ1n) is 9.58. The van der Waals surface area contributed by atoms with Gasteiger partial charge in [-0.05, 0) is 57.9 Å². The zero-order valence-corrected chi connectivity index (χ0v) is 16.5. The molecule has 2 N–H and O–H groups in total. The van der Waals surface area contributed by atoms with Gasteiger partial charge in [-0.1, -0.05) is 20.8 Å². The number of nitrogens with one attached hydrogen (secondary N) is 1. The summed E-state index contributed by atoms with van der Waals surface area (Å²) in [5.41, 5.74) is 0.883. The van der Waals surface area contributed by atoms with Crippen LogP contribution in [-0.2, 0) is 14.3 Å². The highest BCUT2D eigenvalue weighted by Gasteiger charge is 2.39. The van der Waals surface area contributed by atoms with Crippen molar-refractivity contribution >= 4 is 5.91 Å². The van der Waals surface area contributed by atoms with Gasteiger partial charge in [0.1, 0.15) is 0 Å². The molecule has 1 heterocycles. The minimum Gasteiger partial charge on any atom is -0.390 e. The maximum atomic E-state index is 12.3. The lowest BCUT2D eigenvalue weighted by molar-refractivity contribution is -0.184. The maximum absolute atomic E-state index is 12.3. The van der Waals surface area contributed by atoms with E-state index in [1.807, 2.05) is 34.6 Å². The van der Waals surface area contributed by atoms with Gasteiger partial charge in [-0.15, -0.1) is 0 Å². The molecule has 1 amide bonds. The van der Waals surface area contributed by atoms with E-state index in [0.717, 1.165) is 57.4 Å². The maximum Gasteiger partial charge on any atom is 0.229 e. The third kappa shape index (κ3) is 5.53. The molecule has 0 spiro atoms. The molecular formula is C20H35NO4. The molecule has 5 heteroatoms. The molecule has 0 aromatic carbocycles. The van der Waals surface area contributed by atoms with Crippen LogP contribution < -0.4 is 5.32 Å². The molecule has 0 aromatic rings. The van der Waals surface area contributed by atoms with Gasteiger partial charge in [-0.25, -0.2) is 0 Å². The number of ether oxygens (including phenoxy) is 2. The first kappa shape index (κ1) is 20.4. The topological polar surface area (TPSA) is 67.8 Å². The van der Waals surface area contributed by atoms with Gasteiger partial charge in [0.25, 0.3) is 0 Å². The number of aliphatic hydroxyl groups is 1. The van der Waals surface area contributed by atoms with Gasteiger partial charge >= 0.3 is 0 Å². The van der Waals surface area contributed by atoms with Crippen molar-refractivity contribution in [3.8, 4) is 0 Å². The Labute approximate surface area is 152 Å². The third-order valence-electron chi connectivity index (χ3n) is 5.35. The van der Waals surface area contributed by atoms with Crippen molar-refractivity contribution in [1.82, 2.24) is 5.32 Å². The summed E-state index contributed by atoms with van der Waals surface area (Å²) < 4.78 is 11.3. The molecule has 1 saturated carbocycles. The number of hydrogen-bond donors (Lipinski definition) is 2. The summed E-state index contributed by atoms with van der Waals surface area (Å²) in [5, 5.41) is 14.0. The molecule has 2 rings (SSSR count). The van der Waals surface area contributed by atoms with Crippen LogP contribution >= 0.6 is 0 Å². The molecule has 144 valence electrons. The van der Waals surface area contributed by atoms with Crippen LogP contribution in [0, 0.1) is 11.3 Å². The van der Waals surface area contributed by atoms with Gasteiger partial charge in [0.2, 0.25) is 5.91 Å². The molecule has 1 saturated heterocycles. The van der Waals surface area contributed by atoms with E-state index in [4.69, 9.17) is 9.47 Å². The first-order valence-corrected chi connectivity index (χ1v) is 9.58. The predicted molar refractivity (Wildman–Crippen MR) is 97.8 cm³/mol. The number of carbonyl (C=O) groups is 1. The van der Waals surface area contributed by atoms with Crippen molar-refractivity contribution in [3.05, 3.63) is 11.3 Å². The Kier molecular flexibility index (Phi) is 6.68. The fourth-order valence-electron chi connectivity index (χ4n) is 3.74. The zero-order valence-electron chi connectivity index (χ0n) is 16.5. The van der Waals surface area contributed by atoms with Gasteiger partial charge < -0.3 is 19.9 Å². The summed E-state index contributed by atoms with van der Waals surface area (Å²) in [6.45, 7) is 11.1. The lowest BCUT2D eigenvalue weighted by atomic mass is 9.70. The molecule has 0 bridgehead atoms. The zero-order chi connectivity index (χ0) is 18.7. The second kappa shape index (κ2) is 8.19. The summed E-state index contributed by atoms with van der Waals surface area (Å²) in [7, 11) is 0. The summed E-state index contributed by atoms with van der Waals surface area (Å²) in [5.74, 6) is 0.0380. The van der Waals surface area contributed by atoms with E-state index < -0.39 is 11.0 Å². The van der Waals surface area contributed by atoms with E-state index in [1.54, 1.807) is 0 Å². The van der Waals surface area contributed by atoms with Crippen LogP contribution in [0.15, 0.2) is 11.3 Å². The molecule has 1 aliphatic carbocycles. The van der Waals surface area contributed by atoms with Crippen molar-refractivity contribution in [2.24, 2.45) is 11.3 Å². The quantitative estimate of drug-likeness (QED) is 0.811. The monoisotopic (exact) mass is 353 g/mol. The highest BCUT2D eigenvalue weighted by molar-refractivity contribution is 5.82. The van der Waals surface area contributed by atoms with E-state index in [9.17, 15) is 9.90 Å². The first-order chi connectivity index (χ1) is 11.6. The molecule has 0 unspecified atom stereocenters. The summed E-state index contributed by atoms with van der Waals surface area (Å²) in [4.78, 5) is 12.3. The van der Waals surface area contributed by atoms with Gasteiger partial charge in [0.05, 0.1) is 18.8 Å². The highest BCUT2D eigenvalue weighted by Crippen LogP contribution is 2.41. The van der Waals surface area contributed by atoms with Crippen molar-refractivity contribution in [3.63, 3.8) is 0 Å². The Morgan fingerprint density at radius 1 is 1.24 bits per heavy atom. The number of hydrogen-bond acceptors (Lipinski definition) is 4. The van der Waals surface area contributed by atoms with Crippen LogP contribution in [-0.4, -0.2) is 36.1 Å². The van der Waals surface area contributed by atoms with Crippen molar-refractivity contribution in [2.45, 2.75) is 85.0 Å². The Morgan fingerprint density at radius 3 is 2.48 bits per heavy atom. The van der Waals surface area contributed by atoms with E-state index in [0.29, 0.717) is 0 Å². The molecule has 0 aromatic heterocycles. The summed E-state index contributed by atoms with van der Waals surface area (Å²) in [6, 6.07) is 0. The van der Waals surface area contributed by atoms with Gasteiger partial charge in [-0.3, -0.25) is 4.79 Å². The number of rotatable bonds is 4. The Balaban J connectivity index is 2.11. The number of allylic oxidation sites excluding steroid dienone is 1. The van der Waals surface area contributed by atoms with Crippen LogP contribution in [0.4, 0.5) is 0 Å². The van der Waals surface area contributed by atoms with E-state index in [1.165, 1.54) is 5.57 Å². The van der Waals surface area contributed by atoms with Crippen LogP contribution in [0.5, 0.6) is 0 Å². The van der Waals surface area contributed by atoms with E-state index in [-0.39, 0.29) is 18.1 Å². The van der Waals surface area contributed by atoms with Crippen LogP contribution in [0.25, 0.3) is 0 Å². The SMILES string of the molecule is C/C(NC(=O)C(C)(C)C)=C1/CCC[C@](C)(O)[C@@H]1CCC1OCCCO1. The summed E-state index contributed by atoms with van der Waals surface area (Å²) >= 11 is 0. The van der Waals surface area contributed by atoms with Crippen molar-refractivity contribution < 1.29 is 19.4 Å². The average molecular weight is 354 g/mol. The molecule has 2 fully saturated rings. The van der Waals surface area contributed by atoms with Crippen molar-refractivity contribution in [1.29, 1.82) is 0 Å². The van der Waals surface area contributed by atoms with Gasteiger partial charge in [0, 0.05) is 17.0 Å². The Morgan fingerprint density at radius 2 is 1.88 bits per heavy atom. The number of amides is 1.